The number of carbonyl (C=O) groups excluding carboxylic acids is 1. The summed E-state index contributed by atoms with van der Waals surface area (Å²) in [6.07, 6.45) is 0. The average Bonchev–Trinajstić information content (AvgIpc) is 2.40. The largest absolute Gasteiger partial charge is 0.508 e. The number of nitrogens with two attached hydrogens (primary N) is 1. The molecule has 0 aliphatic heterocycles. The number of aromatic hydroxyl groups is 1. The average molecular weight is 277 g/mol. The summed E-state index contributed by atoms with van der Waals surface area (Å²) < 4.78 is 0. The summed E-state index contributed by atoms with van der Waals surface area (Å²) in [7, 11) is 0. The molecule has 0 atom stereocenters. The Bertz CT molecular complexity index is 614. The molecule has 0 spiro atoms. The number of phenols is 1. The fraction of sp³-hybridized carbons (Fsp3) is 0.0714. The molecule has 0 heterocycles. The fourth-order valence-corrected chi connectivity index (χ4v) is 1.88. The maximum atomic E-state index is 11.9. The monoisotopic (exact) mass is 276 g/mol. The molecular weight excluding hydrogens is 264 g/mol. The van der Waals surface area contributed by atoms with Crippen molar-refractivity contribution in [1.82, 2.24) is 5.32 Å². The number of nitrogens with one attached hydrogen (secondary N) is 1. The highest BCUT2D eigenvalue weighted by atomic mass is 35.5. The molecule has 98 valence electrons. The summed E-state index contributed by atoms with van der Waals surface area (Å²) in [6.45, 7) is 0.181. The third-order valence-corrected chi connectivity index (χ3v) is 2.99. The summed E-state index contributed by atoms with van der Waals surface area (Å²) in [5.41, 5.74) is 7.10. The molecule has 0 saturated carbocycles. The van der Waals surface area contributed by atoms with Crippen LogP contribution in [0.1, 0.15) is 15.9 Å². The molecule has 0 aliphatic rings. The van der Waals surface area contributed by atoms with Crippen molar-refractivity contribution in [1.29, 1.82) is 0 Å². The summed E-state index contributed by atoms with van der Waals surface area (Å²) in [6, 6.07) is 11.5. The minimum absolute atomic E-state index is 0.0914. The van der Waals surface area contributed by atoms with Crippen LogP contribution in [-0.2, 0) is 6.54 Å². The summed E-state index contributed by atoms with van der Waals surface area (Å²) in [4.78, 5) is 11.9. The molecule has 0 aliphatic carbocycles. The van der Waals surface area contributed by atoms with Crippen molar-refractivity contribution in [3.05, 3.63) is 58.6 Å². The summed E-state index contributed by atoms with van der Waals surface area (Å²) >= 11 is 5.93. The number of rotatable bonds is 3. The van der Waals surface area contributed by atoms with Gasteiger partial charge in [0.05, 0.1) is 10.6 Å². The Morgan fingerprint density at radius 1 is 1.26 bits per heavy atom. The number of hydrogen-bond donors (Lipinski definition) is 3. The maximum Gasteiger partial charge on any atom is 0.253 e. The molecule has 0 saturated heterocycles. The lowest BCUT2D eigenvalue weighted by Crippen LogP contribution is -2.23. The minimum Gasteiger partial charge on any atom is -0.508 e. The molecular formula is C14H13ClN2O2. The van der Waals surface area contributed by atoms with Gasteiger partial charge in [-0.25, -0.2) is 0 Å². The lowest BCUT2D eigenvalue weighted by molar-refractivity contribution is 0.0951. The minimum atomic E-state index is -0.299. The van der Waals surface area contributed by atoms with E-state index in [-0.39, 0.29) is 18.2 Å². The third-order valence-electron chi connectivity index (χ3n) is 2.66. The number of amides is 1. The Morgan fingerprint density at radius 2 is 2.00 bits per heavy atom. The molecule has 0 unspecified atom stereocenters. The Balaban J connectivity index is 2.09. The fourth-order valence-electron chi connectivity index (χ4n) is 1.66. The van der Waals surface area contributed by atoms with E-state index in [0.717, 1.165) is 0 Å². The summed E-state index contributed by atoms with van der Waals surface area (Å²) in [5.74, 6) is -0.207. The van der Waals surface area contributed by atoms with Crippen molar-refractivity contribution in [2.45, 2.75) is 6.54 Å². The molecule has 1 amide bonds. The maximum absolute atomic E-state index is 11.9. The van der Waals surface area contributed by atoms with Crippen LogP contribution in [0, 0.1) is 0 Å². The van der Waals surface area contributed by atoms with Gasteiger partial charge in [0, 0.05) is 17.8 Å². The zero-order valence-electron chi connectivity index (χ0n) is 10.1. The molecule has 4 N–H and O–H groups in total. The van der Waals surface area contributed by atoms with Crippen LogP contribution in [0.15, 0.2) is 42.5 Å². The first-order chi connectivity index (χ1) is 9.08. The van der Waals surface area contributed by atoms with Crippen molar-refractivity contribution in [3.8, 4) is 5.75 Å². The van der Waals surface area contributed by atoms with Crippen LogP contribution >= 0.6 is 11.6 Å². The molecule has 2 rings (SSSR count). The number of anilines is 1. The number of halogens is 1. The number of nitrogen functional groups attached to an aromatic ring is 1. The molecule has 4 nitrogen and oxygen atoms in total. The predicted octanol–water partition coefficient (Wildman–Crippen LogP) is 2.56. The van der Waals surface area contributed by atoms with Gasteiger partial charge in [-0.2, -0.15) is 0 Å². The van der Waals surface area contributed by atoms with E-state index in [1.807, 2.05) is 0 Å². The van der Waals surface area contributed by atoms with E-state index in [9.17, 15) is 9.90 Å². The summed E-state index contributed by atoms with van der Waals surface area (Å²) in [5, 5.41) is 12.7. The molecule has 0 radical (unpaired) electrons. The van der Waals surface area contributed by atoms with Crippen LogP contribution in [0.2, 0.25) is 5.02 Å². The highest BCUT2D eigenvalue weighted by Gasteiger charge is 2.10. The van der Waals surface area contributed by atoms with Crippen LogP contribution in [0.3, 0.4) is 0 Å². The van der Waals surface area contributed by atoms with E-state index in [2.05, 4.69) is 5.32 Å². The Kier molecular flexibility index (Phi) is 3.92. The van der Waals surface area contributed by atoms with Crippen LogP contribution in [-0.4, -0.2) is 11.0 Å². The van der Waals surface area contributed by atoms with Gasteiger partial charge in [-0.3, -0.25) is 4.79 Å². The van der Waals surface area contributed by atoms with Crippen LogP contribution in [0.25, 0.3) is 0 Å². The quantitative estimate of drug-likeness (QED) is 0.596. The second-order valence-electron chi connectivity index (χ2n) is 4.05. The first-order valence-corrected chi connectivity index (χ1v) is 6.06. The zero-order chi connectivity index (χ0) is 13.8. The van der Waals surface area contributed by atoms with Gasteiger partial charge >= 0.3 is 0 Å². The second-order valence-corrected chi connectivity index (χ2v) is 4.46. The van der Waals surface area contributed by atoms with E-state index in [1.165, 1.54) is 6.07 Å². The van der Waals surface area contributed by atoms with Crippen molar-refractivity contribution < 1.29 is 9.90 Å². The van der Waals surface area contributed by atoms with Gasteiger partial charge < -0.3 is 16.2 Å². The molecule has 0 fully saturated rings. The van der Waals surface area contributed by atoms with Crippen LogP contribution < -0.4 is 11.1 Å². The van der Waals surface area contributed by atoms with Gasteiger partial charge in [-0.05, 0) is 30.3 Å². The SMILES string of the molecule is Nc1ccc(O)c(CNC(=O)c2ccccc2Cl)c1. The van der Waals surface area contributed by atoms with E-state index >= 15 is 0 Å². The second kappa shape index (κ2) is 5.63. The molecule has 0 aromatic heterocycles. The first kappa shape index (κ1) is 13.2. The Morgan fingerprint density at radius 3 is 2.74 bits per heavy atom. The number of carbonyl (C=O) groups is 1. The number of benzene rings is 2. The molecule has 0 bridgehead atoms. The van der Waals surface area contributed by atoms with E-state index in [0.29, 0.717) is 21.8 Å². The lowest BCUT2D eigenvalue weighted by atomic mass is 10.1. The predicted molar refractivity (Wildman–Crippen MR) is 75.1 cm³/mol. The van der Waals surface area contributed by atoms with Gasteiger partial charge in [-0.15, -0.1) is 0 Å². The normalized spacial score (nSPS) is 10.2. The van der Waals surface area contributed by atoms with Crippen molar-refractivity contribution in [2.75, 3.05) is 5.73 Å². The first-order valence-electron chi connectivity index (χ1n) is 5.68. The van der Waals surface area contributed by atoms with Gasteiger partial charge in [0.25, 0.3) is 5.91 Å². The van der Waals surface area contributed by atoms with Gasteiger partial charge in [0.2, 0.25) is 0 Å². The van der Waals surface area contributed by atoms with Gasteiger partial charge in [0.15, 0.2) is 0 Å². The Hall–Kier alpha value is -2.20. The Labute approximate surface area is 115 Å². The van der Waals surface area contributed by atoms with E-state index in [1.54, 1.807) is 36.4 Å². The highest BCUT2D eigenvalue weighted by molar-refractivity contribution is 6.33. The molecule has 2 aromatic carbocycles. The lowest BCUT2D eigenvalue weighted by Gasteiger charge is -2.08. The zero-order valence-corrected chi connectivity index (χ0v) is 10.8. The van der Waals surface area contributed by atoms with Crippen molar-refractivity contribution in [3.63, 3.8) is 0 Å². The molecule has 2 aromatic rings. The highest BCUT2D eigenvalue weighted by Crippen LogP contribution is 2.20. The van der Waals surface area contributed by atoms with Gasteiger partial charge in [-0.1, -0.05) is 23.7 Å². The van der Waals surface area contributed by atoms with Crippen LogP contribution in [0.4, 0.5) is 5.69 Å². The number of phenolic OH excluding ortho intramolecular Hbond substituents is 1. The van der Waals surface area contributed by atoms with Crippen molar-refractivity contribution in [2.24, 2.45) is 0 Å². The number of hydrogen-bond acceptors (Lipinski definition) is 3. The topological polar surface area (TPSA) is 75.3 Å². The van der Waals surface area contributed by atoms with E-state index < -0.39 is 0 Å². The van der Waals surface area contributed by atoms with Gasteiger partial charge in [0.1, 0.15) is 5.75 Å². The molecule has 19 heavy (non-hydrogen) atoms. The third kappa shape index (κ3) is 3.17. The van der Waals surface area contributed by atoms with Crippen LogP contribution in [0.5, 0.6) is 5.75 Å². The smallest absolute Gasteiger partial charge is 0.253 e. The van der Waals surface area contributed by atoms with E-state index in [4.69, 9.17) is 17.3 Å². The van der Waals surface area contributed by atoms with Crippen molar-refractivity contribution >= 4 is 23.2 Å². The molecule has 5 heteroatoms. The standard InChI is InChI=1S/C14H13ClN2O2/c15-12-4-2-1-3-11(12)14(19)17-8-9-7-10(16)5-6-13(9)18/h1-7,18H,8,16H2,(H,17,19).